The first-order valence-electron chi connectivity index (χ1n) is 5.75. The summed E-state index contributed by atoms with van der Waals surface area (Å²) in [6.45, 7) is 2.03. The second-order valence-electron chi connectivity index (χ2n) is 4.03. The zero-order valence-electron chi connectivity index (χ0n) is 11.1. The summed E-state index contributed by atoms with van der Waals surface area (Å²) in [5.74, 6) is -0.442. The van der Waals surface area contributed by atoms with Gasteiger partial charge in [-0.15, -0.1) is 0 Å². The number of ether oxygens (including phenoxy) is 1. The summed E-state index contributed by atoms with van der Waals surface area (Å²) in [5.41, 5.74) is 1.36. The zero-order valence-corrected chi connectivity index (χ0v) is 11.9. The van der Waals surface area contributed by atoms with Crippen molar-refractivity contribution in [3.63, 3.8) is 0 Å². The number of nitriles is 1. The summed E-state index contributed by atoms with van der Waals surface area (Å²) in [5, 5.41) is 9.15. The summed E-state index contributed by atoms with van der Waals surface area (Å²) in [6.07, 6.45) is 1.64. The first-order valence-corrected chi connectivity index (χ1v) is 6.12. The summed E-state index contributed by atoms with van der Waals surface area (Å²) >= 11 is 6.11. The summed E-state index contributed by atoms with van der Waals surface area (Å²) in [6, 6.07) is 6.79. The maximum absolute atomic E-state index is 11.9. The molecule has 0 aliphatic heterocycles. The van der Waals surface area contributed by atoms with Gasteiger partial charge in [0.25, 0.3) is 0 Å². The number of hydrogen-bond acceptors (Lipinski definition) is 4. The van der Waals surface area contributed by atoms with Crippen LogP contribution in [0.25, 0.3) is 5.57 Å². The number of carbonyl (C=O) groups excluding carboxylic acids is 1. The molecule has 4 nitrogen and oxygen atoms in total. The second kappa shape index (κ2) is 6.81. The second-order valence-corrected chi connectivity index (χ2v) is 4.44. The number of benzene rings is 1. The van der Waals surface area contributed by atoms with Gasteiger partial charge < -0.3 is 9.64 Å². The Hall–Kier alpha value is -1.99. The van der Waals surface area contributed by atoms with E-state index in [-0.39, 0.29) is 6.61 Å². The van der Waals surface area contributed by atoms with Gasteiger partial charge in [0.05, 0.1) is 28.8 Å². The number of halogens is 1. The minimum absolute atomic E-state index is 0.289. The van der Waals surface area contributed by atoms with Crippen LogP contribution in [-0.4, -0.2) is 31.6 Å². The van der Waals surface area contributed by atoms with Crippen LogP contribution in [0.1, 0.15) is 18.1 Å². The molecule has 100 valence electrons. The van der Waals surface area contributed by atoms with Gasteiger partial charge in [0.2, 0.25) is 0 Å². The van der Waals surface area contributed by atoms with Gasteiger partial charge >= 0.3 is 5.97 Å². The number of hydrogen-bond donors (Lipinski definition) is 0. The predicted octanol–water partition coefficient (Wildman–Crippen LogP) is 2.68. The molecule has 1 aromatic carbocycles. The van der Waals surface area contributed by atoms with Crippen LogP contribution in [0.15, 0.2) is 24.4 Å². The molecule has 0 fully saturated rings. The molecule has 1 aromatic rings. The van der Waals surface area contributed by atoms with Crippen molar-refractivity contribution in [3.8, 4) is 6.07 Å². The third-order valence-electron chi connectivity index (χ3n) is 2.27. The van der Waals surface area contributed by atoms with Gasteiger partial charge in [0.15, 0.2) is 0 Å². The minimum Gasteiger partial charge on any atom is -0.462 e. The largest absolute Gasteiger partial charge is 0.462 e. The highest BCUT2D eigenvalue weighted by Crippen LogP contribution is 2.26. The van der Waals surface area contributed by atoms with Crippen LogP contribution >= 0.6 is 11.6 Å². The molecule has 0 N–H and O–H groups in total. The van der Waals surface area contributed by atoms with E-state index in [9.17, 15) is 4.79 Å². The molecule has 0 atom stereocenters. The lowest BCUT2D eigenvalue weighted by molar-refractivity contribution is -0.136. The molecule has 0 saturated heterocycles. The van der Waals surface area contributed by atoms with Crippen LogP contribution < -0.4 is 0 Å². The van der Waals surface area contributed by atoms with E-state index < -0.39 is 5.97 Å². The number of esters is 1. The molecule has 0 aliphatic rings. The molecule has 0 aliphatic carbocycles. The van der Waals surface area contributed by atoms with Gasteiger partial charge in [-0.3, -0.25) is 0 Å². The van der Waals surface area contributed by atoms with Crippen LogP contribution in [-0.2, 0) is 9.53 Å². The monoisotopic (exact) mass is 278 g/mol. The lowest BCUT2D eigenvalue weighted by atomic mass is 10.0. The average Bonchev–Trinajstić information content (AvgIpc) is 2.36. The Labute approximate surface area is 117 Å². The van der Waals surface area contributed by atoms with Crippen LogP contribution in [0, 0.1) is 11.3 Å². The highest BCUT2D eigenvalue weighted by molar-refractivity contribution is 6.34. The van der Waals surface area contributed by atoms with Crippen molar-refractivity contribution in [1.29, 1.82) is 5.26 Å². The van der Waals surface area contributed by atoms with Gasteiger partial charge in [-0.05, 0) is 19.1 Å². The molecule has 19 heavy (non-hydrogen) atoms. The smallest absolute Gasteiger partial charge is 0.340 e. The average molecular weight is 279 g/mol. The molecule has 0 bridgehead atoms. The van der Waals surface area contributed by atoms with E-state index in [1.807, 2.05) is 6.07 Å². The summed E-state index contributed by atoms with van der Waals surface area (Å²) < 4.78 is 5.01. The summed E-state index contributed by atoms with van der Waals surface area (Å²) in [7, 11) is 3.60. The van der Waals surface area contributed by atoms with Gasteiger partial charge in [-0.1, -0.05) is 17.7 Å². The van der Waals surface area contributed by atoms with E-state index in [0.717, 1.165) is 0 Å². The number of carbonyl (C=O) groups is 1. The van der Waals surface area contributed by atoms with E-state index in [4.69, 9.17) is 21.6 Å². The molecule has 0 unspecified atom stereocenters. The van der Waals surface area contributed by atoms with Crippen molar-refractivity contribution >= 4 is 23.1 Å². The molecule has 5 heteroatoms. The normalized spacial score (nSPS) is 10.8. The maximum atomic E-state index is 11.9. The highest BCUT2D eigenvalue weighted by Gasteiger charge is 2.17. The van der Waals surface area contributed by atoms with Crippen molar-refractivity contribution < 1.29 is 9.53 Å². The Morgan fingerprint density at radius 2 is 2.21 bits per heavy atom. The van der Waals surface area contributed by atoms with Crippen molar-refractivity contribution in [1.82, 2.24) is 4.90 Å². The molecule has 0 spiro atoms. The van der Waals surface area contributed by atoms with Crippen LogP contribution in [0.3, 0.4) is 0 Å². The fraction of sp³-hybridized carbons (Fsp3) is 0.286. The maximum Gasteiger partial charge on any atom is 0.340 e. The fourth-order valence-corrected chi connectivity index (χ4v) is 1.78. The molecule has 0 heterocycles. The van der Waals surface area contributed by atoms with Crippen LogP contribution in [0.2, 0.25) is 5.02 Å². The molecule has 0 radical (unpaired) electrons. The third-order valence-corrected chi connectivity index (χ3v) is 2.58. The van der Waals surface area contributed by atoms with Gasteiger partial charge in [0, 0.05) is 25.9 Å². The molecular weight excluding hydrogens is 264 g/mol. The van der Waals surface area contributed by atoms with E-state index in [1.165, 1.54) is 6.07 Å². The molecule has 1 rings (SSSR count). The van der Waals surface area contributed by atoms with Crippen molar-refractivity contribution in [2.75, 3.05) is 20.7 Å². The lowest BCUT2D eigenvalue weighted by Crippen LogP contribution is -2.12. The molecular formula is C14H15ClN2O2. The van der Waals surface area contributed by atoms with Crippen LogP contribution in [0.4, 0.5) is 0 Å². The van der Waals surface area contributed by atoms with E-state index >= 15 is 0 Å². The van der Waals surface area contributed by atoms with Gasteiger partial charge in [-0.2, -0.15) is 5.26 Å². The summed E-state index contributed by atoms with van der Waals surface area (Å²) in [4.78, 5) is 13.7. The van der Waals surface area contributed by atoms with E-state index in [0.29, 0.717) is 21.7 Å². The Kier molecular flexibility index (Phi) is 5.40. The minimum atomic E-state index is -0.442. The number of nitrogens with zero attached hydrogens (tertiary/aromatic N) is 2. The SMILES string of the molecule is CCOC(=O)/C(=C\N(C)C)c1ccc(C#N)cc1Cl. The Balaban J connectivity index is 3.27. The highest BCUT2D eigenvalue weighted by atomic mass is 35.5. The predicted molar refractivity (Wildman–Crippen MR) is 74.5 cm³/mol. The van der Waals surface area contributed by atoms with Crippen molar-refractivity contribution in [2.45, 2.75) is 6.92 Å². The van der Waals surface area contributed by atoms with Gasteiger partial charge in [0.1, 0.15) is 0 Å². The zero-order chi connectivity index (χ0) is 14.4. The number of rotatable bonds is 4. The first kappa shape index (κ1) is 15.1. The molecule has 0 amide bonds. The molecule has 0 aromatic heterocycles. The first-order chi connectivity index (χ1) is 8.99. The third kappa shape index (κ3) is 4.01. The molecule has 0 saturated carbocycles. The van der Waals surface area contributed by atoms with Gasteiger partial charge in [-0.25, -0.2) is 4.79 Å². The lowest BCUT2D eigenvalue weighted by Gasteiger charge is -2.12. The topological polar surface area (TPSA) is 53.3 Å². The Bertz CT molecular complexity index is 545. The standard InChI is InChI=1S/C14H15ClN2O2/c1-4-19-14(18)12(9-17(2)3)11-6-5-10(8-16)7-13(11)15/h5-7,9H,4H2,1-3H3/b12-9-. The van der Waals surface area contributed by atoms with Crippen LogP contribution in [0.5, 0.6) is 0 Å². The Morgan fingerprint density at radius 3 is 2.68 bits per heavy atom. The quantitative estimate of drug-likeness (QED) is 0.628. The fourth-order valence-electron chi connectivity index (χ4n) is 1.50. The van der Waals surface area contributed by atoms with E-state index in [2.05, 4.69) is 0 Å². The van der Waals surface area contributed by atoms with Crippen molar-refractivity contribution in [3.05, 3.63) is 40.5 Å². The van der Waals surface area contributed by atoms with E-state index in [1.54, 1.807) is 44.3 Å². The van der Waals surface area contributed by atoms with Crippen molar-refractivity contribution in [2.24, 2.45) is 0 Å². The Morgan fingerprint density at radius 1 is 1.53 bits per heavy atom.